The zero-order valence-corrected chi connectivity index (χ0v) is 16.3. The third kappa shape index (κ3) is 3.95. The Morgan fingerprint density at radius 1 is 1.11 bits per heavy atom. The van der Waals surface area contributed by atoms with E-state index in [1.165, 1.54) is 12.8 Å². The minimum Gasteiger partial charge on any atom is -0.360 e. The van der Waals surface area contributed by atoms with E-state index in [-0.39, 0.29) is 17.9 Å². The third-order valence-corrected chi connectivity index (χ3v) is 5.60. The quantitative estimate of drug-likeness (QED) is 0.787. The lowest BCUT2D eigenvalue weighted by molar-refractivity contribution is 0.0917. The van der Waals surface area contributed by atoms with Crippen LogP contribution >= 0.6 is 0 Å². The van der Waals surface area contributed by atoms with Gasteiger partial charge in [-0.3, -0.25) is 9.59 Å². The van der Waals surface area contributed by atoms with Crippen LogP contribution in [-0.4, -0.2) is 32.6 Å². The number of hydrogen-bond acceptors (Lipinski definition) is 5. The van der Waals surface area contributed by atoms with Gasteiger partial charge in [0, 0.05) is 18.7 Å². The van der Waals surface area contributed by atoms with Gasteiger partial charge in [-0.2, -0.15) is 0 Å². The zero-order valence-electron chi connectivity index (χ0n) is 16.3. The Balaban J connectivity index is 1.55. The van der Waals surface area contributed by atoms with Crippen LogP contribution in [0, 0.1) is 6.92 Å². The fourth-order valence-electron chi connectivity index (χ4n) is 4.17. The Kier molecular flexibility index (Phi) is 5.45. The maximum atomic E-state index is 12.9. The molecule has 8 nitrogen and oxygen atoms in total. The number of aromatic nitrogens is 3. The molecule has 2 N–H and O–H groups in total. The van der Waals surface area contributed by atoms with Gasteiger partial charge in [0.15, 0.2) is 17.3 Å². The number of hydrogen-bond donors (Lipinski definition) is 2. The van der Waals surface area contributed by atoms with Gasteiger partial charge in [0.05, 0.1) is 5.69 Å². The first-order chi connectivity index (χ1) is 13.6. The highest BCUT2D eigenvalue weighted by atomic mass is 16.5. The van der Waals surface area contributed by atoms with Gasteiger partial charge in [-0.05, 0) is 39.0 Å². The van der Waals surface area contributed by atoms with E-state index in [2.05, 4.69) is 20.8 Å². The number of carbonyl (C=O) groups excluding carboxylic acids is 2. The summed E-state index contributed by atoms with van der Waals surface area (Å²) in [5.41, 5.74) is 1.14. The second-order valence-electron chi connectivity index (χ2n) is 7.78. The monoisotopic (exact) mass is 385 g/mol. The molecular weight excluding hydrogens is 358 g/mol. The predicted molar refractivity (Wildman–Crippen MR) is 103 cm³/mol. The van der Waals surface area contributed by atoms with Crippen LogP contribution in [0.4, 0.5) is 5.82 Å². The van der Waals surface area contributed by atoms with Crippen molar-refractivity contribution in [1.29, 1.82) is 0 Å². The molecule has 1 fully saturated rings. The van der Waals surface area contributed by atoms with Crippen molar-refractivity contribution in [2.24, 2.45) is 0 Å². The molecule has 0 saturated heterocycles. The van der Waals surface area contributed by atoms with E-state index in [0.29, 0.717) is 29.6 Å². The highest BCUT2D eigenvalue weighted by Gasteiger charge is 2.29. The van der Waals surface area contributed by atoms with Crippen molar-refractivity contribution in [3.63, 3.8) is 0 Å². The summed E-state index contributed by atoms with van der Waals surface area (Å²) in [6.07, 6.45) is 9.49. The first-order valence-corrected chi connectivity index (χ1v) is 10.3. The standard InChI is InChI=1S/C20H27N5O3/c1-13-12-16(24-28-13)22-19(26)17-15-10-6-7-11-25(15)18(23-17)20(27)21-14-8-4-2-3-5-9-14/h12,14H,2-11H2,1H3,(H,21,27)(H,22,24,26). The number of nitrogens with one attached hydrogen (secondary N) is 2. The first-order valence-electron chi connectivity index (χ1n) is 10.3. The highest BCUT2D eigenvalue weighted by molar-refractivity contribution is 6.04. The summed E-state index contributed by atoms with van der Waals surface area (Å²) < 4.78 is 6.91. The molecule has 0 unspecified atom stereocenters. The summed E-state index contributed by atoms with van der Waals surface area (Å²) in [5, 5.41) is 9.67. The second-order valence-corrected chi connectivity index (χ2v) is 7.78. The Labute approximate surface area is 164 Å². The topological polar surface area (TPSA) is 102 Å². The Morgan fingerprint density at radius 3 is 2.61 bits per heavy atom. The van der Waals surface area contributed by atoms with E-state index in [1.54, 1.807) is 13.0 Å². The number of anilines is 1. The van der Waals surface area contributed by atoms with Gasteiger partial charge in [0.1, 0.15) is 5.76 Å². The fourth-order valence-corrected chi connectivity index (χ4v) is 4.17. The van der Waals surface area contributed by atoms with Gasteiger partial charge >= 0.3 is 0 Å². The minimum atomic E-state index is -0.354. The van der Waals surface area contributed by atoms with Crippen LogP contribution in [0.5, 0.6) is 0 Å². The minimum absolute atomic E-state index is 0.175. The van der Waals surface area contributed by atoms with Crippen LogP contribution in [0.15, 0.2) is 10.6 Å². The van der Waals surface area contributed by atoms with Gasteiger partial charge in [-0.25, -0.2) is 4.98 Å². The zero-order chi connectivity index (χ0) is 19.5. The van der Waals surface area contributed by atoms with Crippen molar-refractivity contribution < 1.29 is 14.1 Å². The number of aryl methyl sites for hydroxylation is 1. The Hall–Kier alpha value is -2.64. The van der Waals surface area contributed by atoms with Crippen molar-refractivity contribution in [3.8, 4) is 0 Å². The molecule has 0 aromatic carbocycles. The lowest BCUT2D eigenvalue weighted by atomic mass is 10.1. The van der Waals surface area contributed by atoms with Gasteiger partial charge < -0.3 is 19.7 Å². The summed E-state index contributed by atoms with van der Waals surface area (Å²) in [5.74, 6) is 0.787. The van der Waals surface area contributed by atoms with E-state index in [4.69, 9.17) is 4.52 Å². The number of nitrogens with zero attached hydrogens (tertiary/aromatic N) is 3. The Bertz CT molecular complexity index is 861. The average molecular weight is 385 g/mol. The molecule has 8 heteroatoms. The molecule has 2 aromatic heterocycles. The molecule has 2 amide bonds. The van der Waals surface area contributed by atoms with Gasteiger partial charge in [-0.1, -0.05) is 30.8 Å². The van der Waals surface area contributed by atoms with Crippen LogP contribution in [-0.2, 0) is 13.0 Å². The second kappa shape index (κ2) is 8.16. The largest absolute Gasteiger partial charge is 0.360 e. The van der Waals surface area contributed by atoms with E-state index in [9.17, 15) is 9.59 Å². The maximum Gasteiger partial charge on any atom is 0.287 e. The molecule has 0 spiro atoms. The van der Waals surface area contributed by atoms with Crippen molar-refractivity contribution >= 4 is 17.6 Å². The summed E-state index contributed by atoms with van der Waals surface area (Å²) in [7, 11) is 0. The number of imidazole rings is 1. The first kappa shape index (κ1) is 18.7. The van der Waals surface area contributed by atoms with Gasteiger partial charge in [0.25, 0.3) is 11.8 Å². The van der Waals surface area contributed by atoms with Gasteiger partial charge in [-0.15, -0.1) is 0 Å². The molecule has 1 aliphatic heterocycles. The molecule has 4 rings (SSSR count). The molecule has 0 atom stereocenters. The lowest BCUT2D eigenvalue weighted by Gasteiger charge is -2.19. The molecule has 1 saturated carbocycles. The molecule has 3 heterocycles. The molecule has 2 aliphatic rings. The Morgan fingerprint density at radius 2 is 1.89 bits per heavy atom. The number of carbonyl (C=O) groups is 2. The summed E-state index contributed by atoms with van der Waals surface area (Å²) in [6.45, 7) is 2.48. The van der Waals surface area contributed by atoms with Gasteiger partial charge in [0.2, 0.25) is 0 Å². The van der Waals surface area contributed by atoms with Crippen LogP contribution in [0.1, 0.15) is 83.9 Å². The van der Waals surface area contributed by atoms with Crippen LogP contribution in [0.3, 0.4) is 0 Å². The van der Waals surface area contributed by atoms with Crippen molar-refractivity contribution in [2.75, 3.05) is 5.32 Å². The fraction of sp³-hybridized carbons (Fsp3) is 0.600. The summed E-state index contributed by atoms with van der Waals surface area (Å²) >= 11 is 0. The molecular formula is C20H27N5O3. The van der Waals surface area contributed by atoms with Crippen molar-refractivity contribution in [1.82, 2.24) is 20.0 Å². The van der Waals surface area contributed by atoms with Crippen LogP contribution in [0.2, 0.25) is 0 Å². The van der Waals surface area contributed by atoms with E-state index >= 15 is 0 Å². The number of fused-ring (bicyclic) bond motifs is 1. The van der Waals surface area contributed by atoms with E-state index < -0.39 is 0 Å². The summed E-state index contributed by atoms with van der Waals surface area (Å²) in [4.78, 5) is 30.2. The number of amides is 2. The molecule has 1 aliphatic carbocycles. The normalized spacial score (nSPS) is 17.6. The predicted octanol–water partition coefficient (Wildman–Crippen LogP) is 3.22. The smallest absolute Gasteiger partial charge is 0.287 e. The average Bonchev–Trinajstić information content (AvgIpc) is 3.17. The van der Waals surface area contributed by atoms with Crippen LogP contribution < -0.4 is 10.6 Å². The van der Waals surface area contributed by atoms with E-state index in [1.807, 2.05) is 4.57 Å². The molecule has 2 aromatic rings. The summed E-state index contributed by atoms with van der Waals surface area (Å²) in [6, 6.07) is 1.85. The third-order valence-electron chi connectivity index (χ3n) is 5.60. The van der Waals surface area contributed by atoms with E-state index in [0.717, 1.165) is 50.6 Å². The molecule has 150 valence electrons. The van der Waals surface area contributed by atoms with Crippen LogP contribution in [0.25, 0.3) is 0 Å². The van der Waals surface area contributed by atoms with Crippen molar-refractivity contribution in [3.05, 3.63) is 29.0 Å². The molecule has 28 heavy (non-hydrogen) atoms. The van der Waals surface area contributed by atoms with Crippen molar-refractivity contribution in [2.45, 2.75) is 77.3 Å². The molecule has 0 radical (unpaired) electrons. The number of rotatable bonds is 4. The maximum absolute atomic E-state index is 12.9. The highest BCUT2D eigenvalue weighted by Crippen LogP contribution is 2.23. The molecule has 0 bridgehead atoms. The SMILES string of the molecule is Cc1cc(NC(=O)c2nc(C(=O)NC3CCCCCC3)n3c2CCCC3)no1. The lowest BCUT2D eigenvalue weighted by Crippen LogP contribution is -2.36.